The normalized spacial score (nSPS) is 20.7. The number of likely N-dealkylation sites (tertiary alicyclic amines) is 1. The van der Waals surface area contributed by atoms with Crippen LogP contribution in [0.2, 0.25) is 0 Å². The Bertz CT molecular complexity index is 873. The third-order valence-corrected chi connectivity index (χ3v) is 5.73. The van der Waals surface area contributed by atoms with Gasteiger partial charge in [-0.05, 0) is 38.8 Å². The molecule has 0 bridgehead atoms. The molecular weight excluding hydrogens is 370 g/mol. The molecule has 2 aromatic rings. The fraction of sp³-hybridized carbons (Fsp3) is 0.591. The van der Waals surface area contributed by atoms with Crippen LogP contribution in [-0.2, 0) is 22.5 Å². The molecular formula is C22H29N3O4. The Balaban J connectivity index is 1.34. The van der Waals surface area contributed by atoms with Crippen LogP contribution in [0.25, 0.3) is 0 Å². The molecule has 4 heterocycles. The predicted octanol–water partition coefficient (Wildman–Crippen LogP) is 3.23. The van der Waals surface area contributed by atoms with Crippen LogP contribution in [0.4, 0.5) is 0 Å². The third-order valence-electron chi connectivity index (χ3n) is 5.73. The minimum Gasteiger partial charge on any atom is -0.372 e. The first kappa shape index (κ1) is 20.0. The van der Waals surface area contributed by atoms with E-state index in [2.05, 4.69) is 17.1 Å². The fourth-order valence-corrected chi connectivity index (χ4v) is 4.27. The monoisotopic (exact) mass is 399 g/mol. The molecule has 2 aromatic heterocycles. The van der Waals surface area contributed by atoms with Crippen LogP contribution in [0.5, 0.6) is 0 Å². The second kappa shape index (κ2) is 8.24. The summed E-state index contributed by atoms with van der Waals surface area (Å²) in [6.45, 7) is 8.21. The zero-order chi connectivity index (χ0) is 20.4. The number of carbonyl (C=O) groups excluding carboxylic acids is 1. The van der Waals surface area contributed by atoms with Gasteiger partial charge in [-0.25, -0.2) is 0 Å². The maximum atomic E-state index is 13.0. The van der Waals surface area contributed by atoms with Crippen LogP contribution < -0.4 is 0 Å². The van der Waals surface area contributed by atoms with Crippen LogP contribution in [0.1, 0.15) is 59.4 Å². The maximum absolute atomic E-state index is 13.0. The summed E-state index contributed by atoms with van der Waals surface area (Å²) in [7, 11) is 0. The number of carbonyl (C=O) groups is 1. The zero-order valence-corrected chi connectivity index (χ0v) is 17.4. The van der Waals surface area contributed by atoms with Gasteiger partial charge in [0.25, 0.3) is 5.91 Å². The standard InChI is InChI=1S/C22H29N3O4/c1-4-6-19-20(16(3)24-29-19)21(26)25-13-22(14-25)11-18(9-10-28-22)27-12-17-8-5-7-15(2)23-17/h5,7-8,18H,4,6,9-14H2,1-3H3/t18-/m0/s1. The van der Waals surface area contributed by atoms with Gasteiger partial charge in [0, 0.05) is 25.1 Å². The number of aromatic nitrogens is 2. The van der Waals surface area contributed by atoms with Crippen LogP contribution in [0.3, 0.4) is 0 Å². The Morgan fingerprint density at radius 2 is 2.17 bits per heavy atom. The van der Waals surface area contributed by atoms with E-state index in [1.165, 1.54) is 0 Å². The molecule has 1 amide bonds. The van der Waals surface area contributed by atoms with Gasteiger partial charge < -0.3 is 18.9 Å². The first-order valence-electron chi connectivity index (χ1n) is 10.4. The van der Waals surface area contributed by atoms with Gasteiger partial charge in [0.2, 0.25) is 0 Å². The smallest absolute Gasteiger partial charge is 0.259 e. The molecule has 7 nitrogen and oxygen atoms in total. The fourth-order valence-electron chi connectivity index (χ4n) is 4.27. The van der Waals surface area contributed by atoms with Crippen molar-refractivity contribution in [3.05, 3.63) is 46.6 Å². The van der Waals surface area contributed by atoms with Crippen molar-refractivity contribution in [1.82, 2.24) is 15.0 Å². The molecule has 156 valence electrons. The summed E-state index contributed by atoms with van der Waals surface area (Å²) in [6, 6.07) is 5.97. The Morgan fingerprint density at radius 1 is 1.34 bits per heavy atom. The lowest BCUT2D eigenvalue weighted by atomic mass is 9.84. The molecule has 2 aliphatic rings. The molecule has 7 heteroatoms. The molecule has 1 atom stereocenters. The van der Waals surface area contributed by atoms with Crippen LogP contribution in [0.15, 0.2) is 22.7 Å². The lowest BCUT2D eigenvalue weighted by molar-refractivity contribution is -0.188. The van der Waals surface area contributed by atoms with Crippen LogP contribution in [0, 0.1) is 13.8 Å². The first-order valence-corrected chi connectivity index (χ1v) is 10.4. The number of pyridine rings is 1. The molecule has 0 unspecified atom stereocenters. The summed E-state index contributed by atoms with van der Waals surface area (Å²) in [4.78, 5) is 19.3. The van der Waals surface area contributed by atoms with Gasteiger partial charge in [-0.2, -0.15) is 0 Å². The number of amides is 1. The summed E-state index contributed by atoms with van der Waals surface area (Å²) < 4.78 is 17.6. The van der Waals surface area contributed by atoms with E-state index in [1.54, 1.807) is 0 Å². The first-order chi connectivity index (χ1) is 14.0. The van der Waals surface area contributed by atoms with Gasteiger partial charge >= 0.3 is 0 Å². The Hall–Kier alpha value is -2.25. The number of hydrogen-bond donors (Lipinski definition) is 0. The van der Waals surface area contributed by atoms with E-state index in [0.29, 0.717) is 43.3 Å². The SMILES string of the molecule is CCCc1onc(C)c1C(=O)N1CC2(C[C@@H](OCc3cccc(C)n3)CCO2)C1. The summed E-state index contributed by atoms with van der Waals surface area (Å²) in [6.07, 6.45) is 3.42. The highest BCUT2D eigenvalue weighted by Crippen LogP contribution is 2.37. The second-order valence-electron chi connectivity index (χ2n) is 8.20. The van der Waals surface area contributed by atoms with Gasteiger partial charge in [0.1, 0.15) is 16.9 Å². The van der Waals surface area contributed by atoms with E-state index in [4.69, 9.17) is 14.0 Å². The third kappa shape index (κ3) is 4.21. The van der Waals surface area contributed by atoms with Gasteiger partial charge in [0.15, 0.2) is 0 Å². The van der Waals surface area contributed by atoms with Gasteiger partial charge in [-0.15, -0.1) is 0 Å². The van der Waals surface area contributed by atoms with Crippen molar-refractivity contribution < 1.29 is 18.8 Å². The minimum atomic E-state index is -0.297. The number of hydrogen-bond acceptors (Lipinski definition) is 6. The lowest BCUT2D eigenvalue weighted by Gasteiger charge is -2.53. The number of ether oxygens (including phenoxy) is 2. The van der Waals surface area contributed by atoms with Crippen molar-refractivity contribution >= 4 is 5.91 Å². The van der Waals surface area contributed by atoms with Crippen molar-refractivity contribution in [2.24, 2.45) is 0 Å². The highest BCUT2D eigenvalue weighted by atomic mass is 16.5. The summed E-state index contributed by atoms with van der Waals surface area (Å²) >= 11 is 0. The molecule has 4 rings (SSSR count). The topological polar surface area (TPSA) is 77.7 Å². The molecule has 0 aromatic carbocycles. The van der Waals surface area contributed by atoms with E-state index < -0.39 is 0 Å². The van der Waals surface area contributed by atoms with Crippen LogP contribution in [-0.4, -0.2) is 52.3 Å². The van der Waals surface area contributed by atoms with Gasteiger partial charge in [0.05, 0.1) is 37.2 Å². The van der Waals surface area contributed by atoms with Crippen molar-refractivity contribution in [3.63, 3.8) is 0 Å². The summed E-state index contributed by atoms with van der Waals surface area (Å²) in [5.41, 5.74) is 2.93. The molecule has 2 fully saturated rings. The zero-order valence-electron chi connectivity index (χ0n) is 17.4. The van der Waals surface area contributed by atoms with Crippen LogP contribution >= 0.6 is 0 Å². The Morgan fingerprint density at radius 3 is 2.93 bits per heavy atom. The van der Waals surface area contributed by atoms with Crippen molar-refractivity contribution in [2.75, 3.05) is 19.7 Å². The maximum Gasteiger partial charge on any atom is 0.259 e. The van der Waals surface area contributed by atoms with Crippen molar-refractivity contribution in [2.45, 2.75) is 64.8 Å². The molecule has 0 aliphatic carbocycles. The average Bonchev–Trinajstić information content (AvgIpc) is 3.05. The largest absolute Gasteiger partial charge is 0.372 e. The summed E-state index contributed by atoms with van der Waals surface area (Å²) in [5, 5.41) is 3.99. The molecule has 1 spiro atoms. The number of rotatable bonds is 6. The Labute approximate surface area is 171 Å². The van der Waals surface area contributed by atoms with E-state index in [9.17, 15) is 4.79 Å². The van der Waals surface area contributed by atoms with Gasteiger partial charge in [-0.1, -0.05) is 18.1 Å². The van der Waals surface area contributed by atoms with Crippen molar-refractivity contribution in [1.29, 1.82) is 0 Å². The second-order valence-corrected chi connectivity index (χ2v) is 8.20. The number of nitrogens with zero attached hydrogens (tertiary/aromatic N) is 3. The molecule has 0 N–H and O–H groups in total. The molecule has 0 saturated carbocycles. The number of aryl methyl sites for hydroxylation is 3. The minimum absolute atomic E-state index is 0.00609. The van der Waals surface area contributed by atoms with E-state index >= 15 is 0 Å². The van der Waals surface area contributed by atoms with E-state index in [-0.39, 0.29) is 17.6 Å². The molecule has 2 aliphatic heterocycles. The molecule has 29 heavy (non-hydrogen) atoms. The highest BCUT2D eigenvalue weighted by molar-refractivity contribution is 5.96. The Kier molecular flexibility index (Phi) is 5.69. The quantitative estimate of drug-likeness (QED) is 0.742. The highest BCUT2D eigenvalue weighted by Gasteiger charge is 2.50. The van der Waals surface area contributed by atoms with E-state index in [0.717, 1.165) is 37.1 Å². The van der Waals surface area contributed by atoms with Crippen molar-refractivity contribution in [3.8, 4) is 0 Å². The predicted molar refractivity (Wildman–Crippen MR) is 107 cm³/mol. The average molecular weight is 399 g/mol. The van der Waals surface area contributed by atoms with Gasteiger partial charge in [-0.3, -0.25) is 9.78 Å². The molecule has 2 saturated heterocycles. The van der Waals surface area contributed by atoms with E-state index in [1.807, 2.05) is 36.9 Å². The lowest BCUT2D eigenvalue weighted by Crippen LogP contribution is -2.67. The molecule has 0 radical (unpaired) electrons. The summed E-state index contributed by atoms with van der Waals surface area (Å²) in [5.74, 6) is 0.681.